The molecule has 0 saturated carbocycles. The van der Waals surface area contributed by atoms with Crippen molar-refractivity contribution in [1.82, 2.24) is 9.62 Å². The minimum Gasteiger partial charge on any atom is -0.376 e. The molecule has 0 spiro atoms. The number of halogens is 1. The van der Waals surface area contributed by atoms with Crippen LogP contribution in [0.5, 0.6) is 0 Å². The van der Waals surface area contributed by atoms with Gasteiger partial charge in [0.05, 0.1) is 17.0 Å². The molecule has 1 fully saturated rings. The number of carbonyl (C=O) groups is 1. The van der Waals surface area contributed by atoms with Gasteiger partial charge in [-0.05, 0) is 54.7 Å². The van der Waals surface area contributed by atoms with E-state index in [1.807, 2.05) is 24.3 Å². The van der Waals surface area contributed by atoms with Gasteiger partial charge in [0.1, 0.15) is 0 Å². The fraction of sp³-hybridized carbons (Fsp3) is 0.409. The first-order valence-corrected chi connectivity index (χ1v) is 12.4. The lowest BCUT2D eigenvalue weighted by Crippen LogP contribution is -2.42. The molecule has 30 heavy (non-hydrogen) atoms. The molecule has 2 aliphatic rings. The zero-order chi connectivity index (χ0) is 21.1. The summed E-state index contributed by atoms with van der Waals surface area (Å²) in [5.74, 6) is -0.164. The monoisotopic (exact) mass is 492 g/mol. The van der Waals surface area contributed by atoms with Crippen LogP contribution in [0, 0.1) is 0 Å². The van der Waals surface area contributed by atoms with Gasteiger partial charge in [-0.1, -0.05) is 40.2 Å². The molecule has 4 rings (SSSR count). The number of hydrogen-bond acceptors (Lipinski definition) is 4. The summed E-state index contributed by atoms with van der Waals surface area (Å²) in [7, 11) is -3.74. The highest BCUT2D eigenvalue weighted by atomic mass is 79.9. The van der Waals surface area contributed by atoms with Crippen LogP contribution in [0.15, 0.2) is 57.9 Å². The van der Waals surface area contributed by atoms with Crippen LogP contribution < -0.4 is 5.32 Å². The van der Waals surface area contributed by atoms with Gasteiger partial charge in [-0.3, -0.25) is 4.79 Å². The molecule has 0 aromatic heterocycles. The van der Waals surface area contributed by atoms with Crippen molar-refractivity contribution in [2.24, 2.45) is 0 Å². The minimum atomic E-state index is -3.74. The van der Waals surface area contributed by atoms with E-state index >= 15 is 0 Å². The highest BCUT2D eigenvalue weighted by Gasteiger charge is 2.37. The topological polar surface area (TPSA) is 75.7 Å². The number of ether oxygens (including phenoxy) is 1. The van der Waals surface area contributed by atoms with E-state index in [4.69, 9.17) is 4.74 Å². The number of fused-ring (bicyclic) bond motifs is 1. The predicted octanol–water partition coefficient (Wildman–Crippen LogP) is 3.42. The Bertz CT molecular complexity index is 1000. The maximum Gasteiger partial charge on any atom is 0.243 e. The van der Waals surface area contributed by atoms with Crippen LogP contribution in [0.2, 0.25) is 0 Å². The number of sulfonamides is 1. The first kappa shape index (κ1) is 21.5. The number of rotatable bonds is 6. The van der Waals surface area contributed by atoms with E-state index in [1.165, 1.54) is 4.31 Å². The van der Waals surface area contributed by atoms with Gasteiger partial charge in [-0.2, -0.15) is 4.31 Å². The zero-order valence-corrected chi connectivity index (χ0v) is 19.0. The SMILES string of the molecule is O=C(C[C@H]1c2ccccc2CCN1S(=O)(=O)c1ccc(Br)cc1)NC[C@@H]1CCCO1. The molecule has 160 valence electrons. The number of nitrogens with one attached hydrogen (secondary N) is 1. The lowest BCUT2D eigenvalue weighted by molar-refractivity contribution is -0.122. The normalized spacial score (nSPS) is 21.9. The van der Waals surface area contributed by atoms with E-state index < -0.39 is 16.1 Å². The van der Waals surface area contributed by atoms with Gasteiger partial charge in [0, 0.05) is 30.6 Å². The van der Waals surface area contributed by atoms with Gasteiger partial charge >= 0.3 is 0 Å². The Balaban J connectivity index is 1.58. The first-order chi connectivity index (χ1) is 14.4. The van der Waals surface area contributed by atoms with E-state index in [1.54, 1.807) is 24.3 Å². The fourth-order valence-electron chi connectivity index (χ4n) is 4.15. The largest absolute Gasteiger partial charge is 0.376 e. The lowest BCUT2D eigenvalue weighted by atomic mass is 9.92. The van der Waals surface area contributed by atoms with E-state index in [9.17, 15) is 13.2 Å². The molecule has 0 radical (unpaired) electrons. The average molecular weight is 493 g/mol. The maximum absolute atomic E-state index is 13.4. The quantitative estimate of drug-likeness (QED) is 0.670. The van der Waals surface area contributed by atoms with Crippen LogP contribution in [0.1, 0.15) is 36.4 Å². The van der Waals surface area contributed by atoms with Gasteiger partial charge in [0.15, 0.2) is 0 Å². The summed E-state index contributed by atoms with van der Waals surface area (Å²) >= 11 is 3.35. The van der Waals surface area contributed by atoms with Crippen molar-refractivity contribution in [3.63, 3.8) is 0 Å². The Labute approximate surface area is 185 Å². The first-order valence-electron chi connectivity index (χ1n) is 10.2. The second kappa shape index (κ2) is 9.18. The molecule has 2 atom stereocenters. The molecule has 8 heteroatoms. The molecule has 2 aliphatic heterocycles. The Kier molecular flexibility index (Phi) is 6.57. The molecule has 2 heterocycles. The highest BCUT2D eigenvalue weighted by molar-refractivity contribution is 9.10. The third-order valence-corrected chi connectivity index (χ3v) is 8.16. The van der Waals surface area contributed by atoms with Crippen molar-refractivity contribution in [2.45, 2.75) is 42.7 Å². The van der Waals surface area contributed by atoms with Gasteiger partial charge < -0.3 is 10.1 Å². The Morgan fingerprint density at radius 1 is 1.17 bits per heavy atom. The summed E-state index contributed by atoms with van der Waals surface area (Å²) < 4.78 is 34.7. The Hall–Kier alpha value is -1.74. The summed E-state index contributed by atoms with van der Waals surface area (Å²) in [6.45, 7) is 1.54. The van der Waals surface area contributed by atoms with Crippen LogP contribution in [0.4, 0.5) is 0 Å². The molecule has 1 N–H and O–H groups in total. The number of amides is 1. The third-order valence-electron chi connectivity index (χ3n) is 5.71. The summed E-state index contributed by atoms with van der Waals surface area (Å²) in [6.07, 6.45) is 2.71. The predicted molar refractivity (Wildman–Crippen MR) is 118 cm³/mol. The van der Waals surface area contributed by atoms with Crippen molar-refractivity contribution < 1.29 is 17.9 Å². The molecular formula is C22H25BrN2O4S. The number of carbonyl (C=O) groups excluding carboxylic acids is 1. The maximum atomic E-state index is 13.4. The van der Waals surface area contributed by atoms with E-state index in [2.05, 4.69) is 21.2 Å². The molecule has 2 aromatic rings. The second-order valence-electron chi connectivity index (χ2n) is 7.68. The molecule has 6 nitrogen and oxygen atoms in total. The number of nitrogens with zero attached hydrogens (tertiary/aromatic N) is 1. The molecule has 0 unspecified atom stereocenters. The molecule has 0 bridgehead atoms. The van der Waals surface area contributed by atoms with Gasteiger partial charge in [-0.15, -0.1) is 0 Å². The van der Waals surface area contributed by atoms with Crippen LogP contribution in [-0.4, -0.2) is 44.4 Å². The smallest absolute Gasteiger partial charge is 0.243 e. The molecule has 1 amide bonds. The zero-order valence-electron chi connectivity index (χ0n) is 16.6. The van der Waals surface area contributed by atoms with Crippen LogP contribution in [-0.2, 0) is 26.0 Å². The molecule has 0 aliphatic carbocycles. The van der Waals surface area contributed by atoms with Gasteiger partial charge in [-0.25, -0.2) is 8.42 Å². The molecule has 2 aromatic carbocycles. The van der Waals surface area contributed by atoms with Crippen LogP contribution in [0.3, 0.4) is 0 Å². The van der Waals surface area contributed by atoms with Crippen molar-refractivity contribution in [1.29, 1.82) is 0 Å². The standard InChI is InChI=1S/C22H25BrN2O4S/c23-17-7-9-19(10-8-17)30(27,28)25-12-11-16-4-1-2-6-20(16)21(25)14-22(26)24-15-18-5-3-13-29-18/h1-2,4,6-10,18,21H,3,5,11-15H2,(H,24,26)/t18-,21-/m0/s1. The average Bonchev–Trinajstić information content (AvgIpc) is 3.26. The third kappa shape index (κ3) is 4.61. The Morgan fingerprint density at radius 2 is 1.93 bits per heavy atom. The number of hydrogen-bond donors (Lipinski definition) is 1. The minimum absolute atomic E-state index is 0.0511. The van der Waals surface area contributed by atoms with Crippen molar-refractivity contribution in [3.05, 3.63) is 64.1 Å². The van der Waals surface area contributed by atoms with Gasteiger partial charge in [0.2, 0.25) is 15.9 Å². The highest BCUT2D eigenvalue weighted by Crippen LogP contribution is 2.36. The summed E-state index contributed by atoms with van der Waals surface area (Å²) in [5, 5.41) is 2.93. The van der Waals surface area contributed by atoms with Crippen molar-refractivity contribution in [3.8, 4) is 0 Å². The fourth-order valence-corrected chi connectivity index (χ4v) is 6.02. The van der Waals surface area contributed by atoms with E-state index in [0.29, 0.717) is 19.5 Å². The van der Waals surface area contributed by atoms with Crippen molar-refractivity contribution in [2.75, 3.05) is 19.7 Å². The van der Waals surface area contributed by atoms with E-state index in [0.717, 1.165) is 35.0 Å². The Morgan fingerprint density at radius 3 is 2.67 bits per heavy atom. The van der Waals surface area contributed by atoms with Crippen molar-refractivity contribution >= 4 is 31.9 Å². The summed E-state index contributed by atoms with van der Waals surface area (Å²) in [4.78, 5) is 13.0. The lowest BCUT2D eigenvalue weighted by Gasteiger charge is -2.36. The summed E-state index contributed by atoms with van der Waals surface area (Å²) in [6, 6.07) is 13.9. The molecule has 1 saturated heterocycles. The van der Waals surface area contributed by atoms with E-state index in [-0.39, 0.29) is 23.3 Å². The summed E-state index contributed by atoms with van der Waals surface area (Å²) in [5.41, 5.74) is 1.99. The van der Waals surface area contributed by atoms with Crippen LogP contribution >= 0.6 is 15.9 Å². The van der Waals surface area contributed by atoms with Crippen LogP contribution in [0.25, 0.3) is 0 Å². The molecular weight excluding hydrogens is 468 g/mol. The second-order valence-corrected chi connectivity index (χ2v) is 10.5. The number of benzene rings is 2. The van der Waals surface area contributed by atoms with Gasteiger partial charge in [0.25, 0.3) is 0 Å².